The maximum absolute atomic E-state index is 13.1. The van der Waals surface area contributed by atoms with Gasteiger partial charge < -0.3 is 9.47 Å². The highest BCUT2D eigenvalue weighted by atomic mass is 35.5. The molecular weight excluding hydrogens is 406 g/mol. The normalized spacial score (nSPS) is 12.1. The molecule has 0 aliphatic heterocycles. The van der Waals surface area contributed by atoms with Crippen LogP contribution in [-0.4, -0.2) is 38.5 Å². The second kappa shape index (κ2) is 7.71. The number of rotatable bonds is 6. The lowest BCUT2D eigenvalue weighted by molar-refractivity contribution is 0.387. The van der Waals surface area contributed by atoms with Gasteiger partial charge in [-0.25, -0.2) is 8.42 Å². The quantitative estimate of drug-likeness (QED) is 0.480. The van der Waals surface area contributed by atoms with Crippen LogP contribution < -0.4 is 4.72 Å². The molecule has 0 atom stereocenters. The van der Waals surface area contributed by atoms with Crippen molar-refractivity contribution in [2.75, 3.05) is 25.4 Å². The van der Waals surface area contributed by atoms with E-state index in [1.807, 2.05) is 44.6 Å². The zero-order valence-corrected chi connectivity index (χ0v) is 17.8. The molecule has 150 valence electrons. The van der Waals surface area contributed by atoms with Crippen LogP contribution in [0.3, 0.4) is 0 Å². The van der Waals surface area contributed by atoms with E-state index in [1.165, 1.54) is 0 Å². The monoisotopic (exact) mass is 427 g/mol. The summed E-state index contributed by atoms with van der Waals surface area (Å²) in [7, 11) is 0.319. The Hall–Kier alpha value is -2.54. The molecular formula is C22H22ClN3O2S. The van der Waals surface area contributed by atoms with Crippen molar-refractivity contribution in [1.29, 1.82) is 0 Å². The Kier molecular flexibility index (Phi) is 5.25. The van der Waals surface area contributed by atoms with Crippen LogP contribution in [0.25, 0.3) is 21.7 Å². The molecule has 0 amide bonds. The van der Waals surface area contributed by atoms with E-state index >= 15 is 0 Å². The minimum absolute atomic E-state index is 0.209. The van der Waals surface area contributed by atoms with Gasteiger partial charge in [0.2, 0.25) is 0 Å². The Morgan fingerprint density at radius 1 is 1.00 bits per heavy atom. The number of nitrogens with zero attached hydrogens (tertiary/aromatic N) is 2. The molecule has 4 aromatic rings. The van der Waals surface area contributed by atoms with E-state index in [9.17, 15) is 8.42 Å². The molecule has 5 nitrogen and oxygen atoms in total. The summed E-state index contributed by atoms with van der Waals surface area (Å²) in [6.45, 7) is 1.81. The molecule has 0 saturated carbocycles. The zero-order chi connectivity index (χ0) is 20.6. The van der Waals surface area contributed by atoms with E-state index in [0.717, 1.165) is 24.0 Å². The lowest BCUT2D eigenvalue weighted by atomic mass is 10.1. The van der Waals surface area contributed by atoms with Crippen molar-refractivity contribution in [1.82, 2.24) is 9.47 Å². The van der Waals surface area contributed by atoms with Crippen molar-refractivity contribution in [3.63, 3.8) is 0 Å². The van der Waals surface area contributed by atoms with Crippen LogP contribution in [-0.2, 0) is 16.6 Å². The van der Waals surface area contributed by atoms with Crippen molar-refractivity contribution < 1.29 is 8.42 Å². The number of nitrogens with one attached hydrogen (secondary N) is 1. The predicted molar refractivity (Wildman–Crippen MR) is 120 cm³/mol. The summed E-state index contributed by atoms with van der Waals surface area (Å²) >= 11 is 6.23. The van der Waals surface area contributed by atoms with Gasteiger partial charge in [0.1, 0.15) is 0 Å². The number of benzene rings is 3. The van der Waals surface area contributed by atoms with Gasteiger partial charge >= 0.3 is 0 Å². The van der Waals surface area contributed by atoms with E-state index in [0.29, 0.717) is 21.5 Å². The highest BCUT2D eigenvalue weighted by Gasteiger charge is 2.18. The Balaban J connectivity index is 1.67. The number of anilines is 1. The third kappa shape index (κ3) is 3.96. The third-order valence-electron chi connectivity index (χ3n) is 4.93. The number of fused-ring (bicyclic) bond motifs is 2. The lowest BCUT2D eigenvalue weighted by Gasteiger charge is -2.13. The summed E-state index contributed by atoms with van der Waals surface area (Å²) in [6.07, 6.45) is 2.03. The molecule has 29 heavy (non-hydrogen) atoms. The molecule has 0 aliphatic carbocycles. The summed E-state index contributed by atoms with van der Waals surface area (Å²) in [5.74, 6) is 0. The van der Waals surface area contributed by atoms with Gasteiger partial charge in [-0.1, -0.05) is 35.9 Å². The van der Waals surface area contributed by atoms with Crippen LogP contribution in [0.1, 0.15) is 0 Å². The minimum atomic E-state index is -3.76. The molecule has 0 bridgehead atoms. The molecule has 3 aromatic carbocycles. The first kappa shape index (κ1) is 19.8. The fraction of sp³-hybridized carbons (Fsp3) is 0.182. The topological polar surface area (TPSA) is 54.3 Å². The molecule has 0 spiro atoms. The fourth-order valence-corrected chi connectivity index (χ4v) is 4.96. The highest BCUT2D eigenvalue weighted by Crippen LogP contribution is 2.30. The van der Waals surface area contributed by atoms with Gasteiger partial charge in [-0.3, -0.25) is 4.72 Å². The van der Waals surface area contributed by atoms with Gasteiger partial charge in [0, 0.05) is 51.7 Å². The summed E-state index contributed by atoms with van der Waals surface area (Å²) in [4.78, 5) is 2.34. The van der Waals surface area contributed by atoms with Crippen molar-refractivity contribution in [2.45, 2.75) is 11.4 Å². The molecule has 0 radical (unpaired) electrons. The number of hydrogen-bond acceptors (Lipinski definition) is 3. The van der Waals surface area contributed by atoms with Crippen LogP contribution in [0, 0.1) is 0 Å². The number of halogens is 1. The maximum Gasteiger partial charge on any atom is 0.262 e. The van der Waals surface area contributed by atoms with E-state index in [2.05, 4.69) is 14.2 Å². The van der Waals surface area contributed by atoms with E-state index in [-0.39, 0.29) is 4.90 Å². The Morgan fingerprint density at radius 3 is 2.55 bits per heavy atom. The Morgan fingerprint density at radius 2 is 1.76 bits per heavy atom. The second-order valence-electron chi connectivity index (χ2n) is 7.28. The second-order valence-corrected chi connectivity index (χ2v) is 9.34. The first-order chi connectivity index (χ1) is 13.8. The summed E-state index contributed by atoms with van der Waals surface area (Å²) in [5, 5.41) is 2.83. The van der Waals surface area contributed by atoms with Gasteiger partial charge in [0.15, 0.2) is 0 Å². The zero-order valence-electron chi connectivity index (χ0n) is 16.3. The minimum Gasteiger partial charge on any atom is -0.346 e. The Labute approximate surface area is 175 Å². The number of hydrogen-bond donors (Lipinski definition) is 1. The smallest absolute Gasteiger partial charge is 0.262 e. The van der Waals surface area contributed by atoms with Crippen LogP contribution >= 0.6 is 11.6 Å². The first-order valence-electron chi connectivity index (χ1n) is 9.29. The van der Waals surface area contributed by atoms with Gasteiger partial charge in [0.05, 0.1) is 4.90 Å². The lowest BCUT2D eigenvalue weighted by Crippen LogP contribution is -2.17. The summed E-state index contributed by atoms with van der Waals surface area (Å²) in [5.41, 5.74) is 1.61. The SMILES string of the molecule is CN(C)CCn1ccc2cc(NS(=O)(=O)c3cccc4c(Cl)cccc34)ccc21. The number of aromatic nitrogens is 1. The molecule has 0 aliphatic rings. The molecule has 0 fully saturated rings. The van der Waals surface area contributed by atoms with Crippen molar-refractivity contribution in [3.05, 3.63) is 71.9 Å². The van der Waals surface area contributed by atoms with Crippen molar-refractivity contribution in [3.8, 4) is 0 Å². The van der Waals surface area contributed by atoms with Gasteiger partial charge in [-0.15, -0.1) is 0 Å². The van der Waals surface area contributed by atoms with Crippen LogP contribution in [0.2, 0.25) is 5.02 Å². The van der Waals surface area contributed by atoms with Crippen LogP contribution in [0.4, 0.5) is 5.69 Å². The molecule has 1 N–H and O–H groups in total. The fourth-order valence-electron chi connectivity index (χ4n) is 3.45. The van der Waals surface area contributed by atoms with E-state index < -0.39 is 10.0 Å². The number of sulfonamides is 1. The third-order valence-corrected chi connectivity index (χ3v) is 6.70. The van der Waals surface area contributed by atoms with Gasteiger partial charge in [-0.05, 0) is 50.5 Å². The van der Waals surface area contributed by atoms with Gasteiger partial charge in [-0.2, -0.15) is 0 Å². The standard InChI is InChI=1S/C22H22ClN3O2S/c1-25(2)13-14-26-12-11-16-15-17(9-10-21(16)26)24-29(27,28)22-8-4-5-18-19(22)6-3-7-20(18)23/h3-12,15,24H,13-14H2,1-2H3. The maximum atomic E-state index is 13.1. The van der Waals surface area contributed by atoms with Gasteiger partial charge in [0.25, 0.3) is 10.0 Å². The highest BCUT2D eigenvalue weighted by molar-refractivity contribution is 7.93. The predicted octanol–water partition coefficient (Wildman–Crippen LogP) is 4.81. The molecule has 1 aromatic heterocycles. The van der Waals surface area contributed by atoms with Crippen molar-refractivity contribution in [2.24, 2.45) is 0 Å². The van der Waals surface area contributed by atoms with E-state index in [4.69, 9.17) is 11.6 Å². The van der Waals surface area contributed by atoms with E-state index in [1.54, 1.807) is 36.4 Å². The number of likely N-dealkylation sites (N-methyl/N-ethyl adjacent to an activating group) is 1. The summed E-state index contributed by atoms with van der Waals surface area (Å²) < 4.78 is 31.0. The molecule has 0 unspecified atom stereocenters. The summed E-state index contributed by atoms with van der Waals surface area (Å²) in [6, 6.07) is 18.0. The Bertz CT molecular complexity index is 1300. The van der Waals surface area contributed by atoms with Crippen molar-refractivity contribution >= 4 is 49.0 Å². The molecule has 1 heterocycles. The van der Waals surface area contributed by atoms with Crippen LogP contribution in [0.5, 0.6) is 0 Å². The average Bonchev–Trinajstić information content (AvgIpc) is 3.08. The molecule has 0 saturated heterocycles. The van der Waals surface area contributed by atoms with Crippen LogP contribution in [0.15, 0.2) is 71.8 Å². The molecule has 7 heteroatoms. The molecule has 4 rings (SSSR count). The first-order valence-corrected chi connectivity index (χ1v) is 11.1. The average molecular weight is 428 g/mol. The largest absolute Gasteiger partial charge is 0.346 e.